The van der Waals surface area contributed by atoms with E-state index in [1.165, 1.54) is 42.3 Å². The topological polar surface area (TPSA) is 114 Å². The van der Waals surface area contributed by atoms with Crippen LogP contribution in [0.15, 0.2) is 71.6 Å². The molecule has 234 valence electrons. The molecule has 0 unspecified atom stereocenters. The molecule has 44 heavy (non-hydrogen) atoms. The number of anilines is 1. The van der Waals surface area contributed by atoms with Gasteiger partial charge in [0.25, 0.3) is 10.0 Å². The number of nitrogens with one attached hydrogen (secondary N) is 1. The second-order valence-electron chi connectivity index (χ2n) is 10.8. The van der Waals surface area contributed by atoms with Crippen molar-refractivity contribution in [3.63, 3.8) is 0 Å². The minimum atomic E-state index is -4.37. The summed E-state index contributed by atoms with van der Waals surface area (Å²) in [6, 6.07) is 15.3. The van der Waals surface area contributed by atoms with E-state index in [0.717, 1.165) is 42.1 Å². The fourth-order valence-electron chi connectivity index (χ4n) is 5.39. The molecule has 2 aliphatic rings. The van der Waals surface area contributed by atoms with Crippen LogP contribution < -0.4 is 23.8 Å². The van der Waals surface area contributed by atoms with E-state index in [0.29, 0.717) is 23.7 Å². The van der Waals surface area contributed by atoms with Gasteiger partial charge < -0.3 is 24.4 Å². The molecule has 1 aliphatic heterocycles. The Morgan fingerprint density at radius 2 is 1.70 bits per heavy atom. The summed E-state index contributed by atoms with van der Waals surface area (Å²) in [6.07, 6.45) is 3.79. The van der Waals surface area contributed by atoms with Gasteiger partial charge in [-0.3, -0.25) is 13.9 Å². The minimum absolute atomic E-state index is 0.0244. The Morgan fingerprint density at radius 1 is 1.00 bits per heavy atom. The van der Waals surface area contributed by atoms with Crippen molar-refractivity contribution in [2.75, 3.05) is 31.2 Å². The van der Waals surface area contributed by atoms with Gasteiger partial charge in [-0.2, -0.15) is 0 Å². The SMILES string of the molecule is COc1cccc(CN(C(=O)CN(c2ccc(F)cc2)S(=O)(=O)c2ccc3c(c2)OCCO3)[C@H](C)C(=O)NC2CCCC2)c1. The molecule has 3 aromatic carbocycles. The molecular formula is C32H36FN3O7S. The van der Waals surface area contributed by atoms with Crippen molar-refractivity contribution >= 4 is 27.5 Å². The normalized spacial score (nSPS) is 15.3. The maximum absolute atomic E-state index is 14.1. The standard InChI is InChI=1S/C32H36FN3O7S/c1-22(32(38)34-25-7-3-4-8-25)35(20-23-6-5-9-27(18-23)41-2)31(37)21-36(26-12-10-24(33)11-13-26)44(39,40)28-14-15-29-30(19-28)43-17-16-42-29/h5-6,9-15,18-19,22,25H,3-4,7-8,16-17,20-21H2,1-2H3,(H,34,38)/t22-/m1/s1. The van der Waals surface area contributed by atoms with Crippen LogP contribution >= 0.6 is 0 Å². The molecule has 0 radical (unpaired) electrons. The molecule has 10 nitrogen and oxygen atoms in total. The van der Waals surface area contributed by atoms with Gasteiger partial charge in [0.1, 0.15) is 37.4 Å². The van der Waals surface area contributed by atoms with Crippen molar-refractivity contribution in [3.05, 3.63) is 78.1 Å². The first-order valence-electron chi connectivity index (χ1n) is 14.6. The van der Waals surface area contributed by atoms with Crippen molar-refractivity contribution in [2.45, 2.75) is 56.1 Å². The summed E-state index contributed by atoms with van der Waals surface area (Å²) >= 11 is 0. The zero-order chi connectivity index (χ0) is 31.3. The molecule has 0 bridgehead atoms. The molecule has 1 saturated carbocycles. The zero-order valence-electron chi connectivity index (χ0n) is 24.7. The molecule has 5 rings (SSSR count). The number of fused-ring (bicyclic) bond motifs is 1. The minimum Gasteiger partial charge on any atom is -0.497 e. The summed E-state index contributed by atoms with van der Waals surface area (Å²) in [6.45, 7) is 1.60. The number of sulfonamides is 1. The summed E-state index contributed by atoms with van der Waals surface area (Å²) in [5, 5.41) is 3.04. The first-order chi connectivity index (χ1) is 21.2. The predicted octanol–water partition coefficient (Wildman–Crippen LogP) is 4.28. The van der Waals surface area contributed by atoms with E-state index in [1.54, 1.807) is 31.2 Å². The number of hydrogen-bond donors (Lipinski definition) is 1. The van der Waals surface area contributed by atoms with Crippen LogP contribution in [0.3, 0.4) is 0 Å². The summed E-state index contributed by atoms with van der Waals surface area (Å²) < 4.78 is 59.5. The molecular weight excluding hydrogens is 589 g/mol. The van der Waals surface area contributed by atoms with E-state index in [1.807, 2.05) is 0 Å². The monoisotopic (exact) mass is 625 g/mol. The van der Waals surface area contributed by atoms with Crippen molar-refractivity contribution in [1.82, 2.24) is 10.2 Å². The lowest BCUT2D eigenvalue weighted by Crippen LogP contribution is -2.52. The maximum atomic E-state index is 14.1. The first kappa shape index (κ1) is 31.1. The second-order valence-corrected chi connectivity index (χ2v) is 12.7. The predicted molar refractivity (Wildman–Crippen MR) is 162 cm³/mol. The Balaban J connectivity index is 1.48. The fourth-order valence-corrected chi connectivity index (χ4v) is 6.82. The van der Waals surface area contributed by atoms with E-state index in [4.69, 9.17) is 14.2 Å². The van der Waals surface area contributed by atoms with Crippen LogP contribution in [0.5, 0.6) is 17.2 Å². The number of carbonyl (C=O) groups excluding carboxylic acids is 2. The van der Waals surface area contributed by atoms with Crippen molar-refractivity contribution in [3.8, 4) is 17.2 Å². The number of ether oxygens (including phenoxy) is 3. The van der Waals surface area contributed by atoms with Gasteiger partial charge in [-0.05, 0) is 73.9 Å². The largest absolute Gasteiger partial charge is 0.497 e. The van der Waals surface area contributed by atoms with E-state index >= 15 is 0 Å². The molecule has 1 N–H and O–H groups in total. The molecule has 0 spiro atoms. The lowest BCUT2D eigenvalue weighted by molar-refractivity contribution is -0.139. The highest BCUT2D eigenvalue weighted by Gasteiger charge is 2.34. The third kappa shape index (κ3) is 7.07. The first-order valence-corrected chi connectivity index (χ1v) is 16.0. The smallest absolute Gasteiger partial charge is 0.264 e. The average Bonchev–Trinajstić information content (AvgIpc) is 3.55. The molecule has 1 heterocycles. The van der Waals surface area contributed by atoms with Gasteiger partial charge in [0, 0.05) is 18.7 Å². The van der Waals surface area contributed by atoms with Crippen LogP contribution in [0.4, 0.5) is 10.1 Å². The number of amides is 2. The van der Waals surface area contributed by atoms with Gasteiger partial charge in [-0.25, -0.2) is 12.8 Å². The number of nitrogens with zero attached hydrogens (tertiary/aromatic N) is 2. The molecule has 1 fully saturated rings. The second kappa shape index (κ2) is 13.5. The Kier molecular flexibility index (Phi) is 9.58. The number of carbonyl (C=O) groups is 2. The van der Waals surface area contributed by atoms with Crippen LogP contribution in [0.25, 0.3) is 0 Å². The Hall–Kier alpha value is -4.32. The van der Waals surface area contributed by atoms with E-state index < -0.39 is 34.3 Å². The van der Waals surface area contributed by atoms with Crippen LogP contribution in [0.1, 0.15) is 38.2 Å². The summed E-state index contributed by atoms with van der Waals surface area (Å²) in [5.41, 5.74) is 0.778. The Labute approximate surface area is 256 Å². The fraction of sp³-hybridized carbons (Fsp3) is 0.375. The van der Waals surface area contributed by atoms with Gasteiger partial charge in [-0.15, -0.1) is 0 Å². The number of hydrogen-bond acceptors (Lipinski definition) is 7. The number of halogens is 1. The molecule has 1 atom stereocenters. The number of benzene rings is 3. The van der Waals surface area contributed by atoms with Crippen molar-refractivity contribution < 1.29 is 36.6 Å². The molecule has 12 heteroatoms. The third-order valence-electron chi connectivity index (χ3n) is 7.85. The van der Waals surface area contributed by atoms with E-state index in [9.17, 15) is 22.4 Å². The lowest BCUT2D eigenvalue weighted by Gasteiger charge is -2.32. The van der Waals surface area contributed by atoms with Crippen molar-refractivity contribution in [2.24, 2.45) is 0 Å². The third-order valence-corrected chi connectivity index (χ3v) is 9.62. The van der Waals surface area contributed by atoms with Gasteiger partial charge in [0.2, 0.25) is 11.8 Å². The quantitative estimate of drug-likeness (QED) is 0.339. The van der Waals surface area contributed by atoms with Crippen LogP contribution in [-0.2, 0) is 26.2 Å². The summed E-state index contributed by atoms with van der Waals surface area (Å²) in [4.78, 5) is 28.7. The molecule has 1 aliphatic carbocycles. The van der Waals surface area contributed by atoms with Gasteiger partial charge in [-0.1, -0.05) is 25.0 Å². The van der Waals surface area contributed by atoms with Gasteiger partial charge >= 0.3 is 0 Å². The molecule has 2 amide bonds. The number of methoxy groups -OCH3 is 1. The van der Waals surface area contributed by atoms with Crippen LogP contribution in [-0.4, -0.2) is 64.1 Å². The summed E-state index contributed by atoms with van der Waals surface area (Å²) in [7, 11) is -2.84. The highest BCUT2D eigenvalue weighted by molar-refractivity contribution is 7.92. The van der Waals surface area contributed by atoms with Crippen molar-refractivity contribution in [1.29, 1.82) is 0 Å². The van der Waals surface area contributed by atoms with E-state index in [2.05, 4.69) is 5.32 Å². The van der Waals surface area contributed by atoms with Gasteiger partial charge in [0.05, 0.1) is 17.7 Å². The molecule has 0 aromatic heterocycles. The van der Waals surface area contributed by atoms with Crippen LogP contribution in [0.2, 0.25) is 0 Å². The average molecular weight is 626 g/mol. The van der Waals surface area contributed by atoms with Crippen LogP contribution in [0, 0.1) is 5.82 Å². The van der Waals surface area contributed by atoms with E-state index in [-0.39, 0.29) is 41.4 Å². The Morgan fingerprint density at radius 3 is 2.41 bits per heavy atom. The maximum Gasteiger partial charge on any atom is 0.264 e. The number of rotatable bonds is 11. The Bertz CT molecular complexity index is 1590. The highest BCUT2D eigenvalue weighted by Crippen LogP contribution is 2.34. The molecule has 0 saturated heterocycles. The highest BCUT2D eigenvalue weighted by atomic mass is 32.2. The molecule has 3 aromatic rings. The lowest BCUT2D eigenvalue weighted by atomic mass is 10.1. The zero-order valence-corrected chi connectivity index (χ0v) is 25.5. The summed E-state index contributed by atoms with van der Waals surface area (Å²) in [5.74, 6) is -0.255. The van der Waals surface area contributed by atoms with Gasteiger partial charge in [0.15, 0.2) is 11.5 Å².